The topological polar surface area (TPSA) is 44.5 Å². The summed E-state index contributed by atoms with van der Waals surface area (Å²) in [5, 5.41) is 0. The van der Waals surface area contributed by atoms with Crippen LogP contribution in [0.4, 0.5) is 0 Å². The molecule has 0 fully saturated rings. The molecule has 0 atom stereocenters. The highest BCUT2D eigenvalue weighted by molar-refractivity contribution is 5.41. The minimum Gasteiger partial charge on any atom is -0.493 e. The van der Waals surface area contributed by atoms with Crippen molar-refractivity contribution in [3.8, 4) is 11.5 Å². The summed E-state index contributed by atoms with van der Waals surface area (Å²) in [6.07, 6.45) is 2.17. The fraction of sp³-hybridized carbons (Fsp3) is 0.455. The molecule has 0 amide bonds. The first-order chi connectivity index (χ1) is 6.90. The Bertz CT molecular complexity index is 312. The van der Waals surface area contributed by atoms with E-state index in [0.717, 1.165) is 30.9 Å². The van der Waals surface area contributed by atoms with Crippen LogP contribution in [0, 0.1) is 0 Å². The fourth-order valence-corrected chi connectivity index (χ4v) is 1.60. The summed E-state index contributed by atoms with van der Waals surface area (Å²) >= 11 is 0. The lowest BCUT2D eigenvalue weighted by molar-refractivity contribution is 0.285. The van der Waals surface area contributed by atoms with E-state index in [-0.39, 0.29) is 0 Å². The summed E-state index contributed by atoms with van der Waals surface area (Å²) in [5.41, 5.74) is 6.61. The standard InChI is InChI=1S/C11H15NO2/c12-5-7-13-10-3-4-11-9(8-10)2-1-6-14-11/h3-4,8H,1-2,5-7,12H2. The van der Waals surface area contributed by atoms with E-state index in [9.17, 15) is 0 Å². The monoisotopic (exact) mass is 193 g/mol. The van der Waals surface area contributed by atoms with Crippen LogP contribution in [0.1, 0.15) is 12.0 Å². The van der Waals surface area contributed by atoms with Gasteiger partial charge >= 0.3 is 0 Å². The normalized spacial score (nSPS) is 14.4. The molecular weight excluding hydrogens is 178 g/mol. The number of hydrogen-bond acceptors (Lipinski definition) is 3. The quantitative estimate of drug-likeness (QED) is 0.788. The molecule has 1 heterocycles. The Balaban J connectivity index is 2.12. The van der Waals surface area contributed by atoms with E-state index < -0.39 is 0 Å². The van der Waals surface area contributed by atoms with Gasteiger partial charge in [0.1, 0.15) is 18.1 Å². The smallest absolute Gasteiger partial charge is 0.122 e. The largest absolute Gasteiger partial charge is 0.493 e. The van der Waals surface area contributed by atoms with Crippen LogP contribution >= 0.6 is 0 Å². The molecule has 1 aromatic rings. The maximum absolute atomic E-state index is 5.50. The first-order valence-corrected chi connectivity index (χ1v) is 4.99. The molecule has 0 aromatic heterocycles. The Morgan fingerprint density at radius 3 is 3.21 bits per heavy atom. The zero-order valence-corrected chi connectivity index (χ0v) is 8.16. The number of fused-ring (bicyclic) bond motifs is 1. The van der Waals surface area contributed by atoms with Gasteiger partial charge in [-0.1, -0.05) is 0 Å². The van der Waals surface area contributed by atoms with E-state index in [0.29, 0.717) is 13.2 Å². The Morgan fingerprint density at radius 1 is 1.43 bits per heavy atom. The first kappa shape index (κ1) is 9.34. The predicted molar refractivity (Wildman–Crippen MR) is 54.8 cm³/mol. The van der Waals surface area contributed by atoms with Gasteiger partial charge in [-0.15, -0.1) is 0 Å². The Labute approximate surface area is 83.8 Å². The van der Waals surface area contributed by atoms with Gasteiger partial charge in [0, 0.05) is 6.54 Å². The number of aryl methyl sites for hydroxylation is 1. The van der Waals surface area contributed by atoms with Gasteiger partial charge in [-0.3, -0.25) is 0 Å². The van der Waals surface area contributed by atoms with Crippen molar-refractivity contribution in [2.45, 2.75) is 12.8 Å². The van der Waals surface area contributed by atoms with E-state index in [4.69, 9.17) is 15.2 Å². The lowest BCUT2D eigenvalue weighted by Crippen LogP contribution is -2.12. The molecule has 0 aliphatic carbocycles. The second-order valence-electron chi connectivity index (χ2n) is 3.36. The van der Waals surface area contributed by atoms with Crippen molar-refractivity contribution < 1.29 is 9.47 Å². The Kier molecular flexibility index (Phi) is 2.89. The lowest BCUT2D eigenvalue weighted by Gasteiger charge is -2.17. The van der Waals surface area contributed by atoms with Crippen LogP contribution < -0.4 is 15.2 Å². The Morgan fingerprint density at radius 2 is 2.36 bits per heavy atom. The first-order valence-electron chi connectivity index (χ1n) is 4.99. The molecular formula is C11H15NO2. The Hall–Kier alpha value is -1.22. The molecule has 0 unspecified atom stereocenters. The maximum atomic E-state index is 5.50. The van der Waals surface area contributed by atoms with Gasteiger partial charge < -0.3 is 15.2 Å². The second-order valence-corrected chi connectivity index (χ2v) is 3.36. The molecule has 1 aliphatic rings. The van der Waals surface area contributed by atoms with Crippen molar-refractivity contribution in [3.05, 3.63) is 23.8 Å². The zero-order chi connectivity index (χ0) is 9.80. The molecule has 1 aliphatic heterocycles. The van der Waals surface area contributed by atoms with Gasteiger partial charge in [0.15, 0.2) is 0 Å². The van der Waals surface area contributed by atoms with Crippen LogP contribution in [0.3, 0.4) is 0 Å². The minimum atomic E-state index is 0.549. The van der Waals surface area contributed by atoms with Gasteiger partial charge in [-0.05, 0) is 36.6 Å². The summed E-state index contributed by atoms with van der Waals surface area (Å²) in [6, 6.07) is 5.95. The molecule has 0 spiro atoms. The van der Waals surface area contributed by atoms with E-state index in [1.165, 1.54) is 5.56 Å². The third-order valence-electron chi connectivity index (χ3n) is 2.27. The zero-order valence-electron chi connectivity index (χ0n) is 8.16. The molecule has 0 saturated heterocycles. The summed E-state index contributed by atoms with van der Waals surface area (Å²) < 4.78 is 10.9. The molecule has 0 bridgehead atoms. The van der Waals surface area contributed by atoms with Crippen molar-refractivity contribution in [2.75, 3.05) is 19.8 Å². The van der Waals surface area contributed by atoms with Gasteiger partial charge in [-0.25, -0.2) is 0 Å². The summed E-state index contributed by atoms with van der Waals surface area (Å²) in [7, 11) is 0. The van der Waals surface area contributed by atoms with Crippen molar-refractivity contribution in [1.82, 2.24) is 0 Å². The van der Waals surface area contributed by atoms with Gasteiger partial charge in [0.05, 0.1) is 6.61 Å². The summed E-state index contributed by atoms with van der Waals surface area (Å²) in [6.45, 7) is 1.95. The van der Waals surface area contributed by atoms with E-state index in [1.54, 1.807) is 0 Å². The predicted octanol–water partition coefficient (Wildman–Crippen LogP) is 1.35. The van der Waals surface area contributed by atoms with Crippen LogP contribution in [0.15, 0.2) is 18.2 Å². The average molecular weight is 193 g/mol. The number of hydrogen-bond donors (Lipinski definition) is 1. The SMILES string of the molecule is NCCOc1ccc2c(c1)CCCO2. The van der Waals surface area contributed by atoms with Crippen molar-refractivity contribution in [2.24, 2.45) is 5.73 Å². The van der Waals surface area contributed by atoms with E-state index >= 15 is 0 Å². The molecule has 2 N–H and O–H groups in total. The molecule has 2 rings (SSSR count). The van der Waals surface area contributed by atoms with Crippen LogP contribution in [-0.2, 0) is 6.42 Å². The van der Waals surface area contributed by atoms with Crippen LogP contribution in [-0.4, -0.2) is 19.8 Å². The number of ether oxygens (including phenoxy) is 2. The van der Waals surface area contributed by atoms with Crippen molar-refractivity contribution in [3.63, 3.8) is 0 Å². The highest BCUT2D eigenvalue weighted by atomic mass is 16.5. The lowest BCUT2D eigenvalue weighted by atomic mass is 10.1. The maximum Gasteiger partial charge on any atom is 0.122 e. The third-order valence-corrected chi connectivity index (χ3v) is 2.27. The minimum absolute atomic E-state index is 0.549. The van der Waals surface area contributed by atoms with Crippen molar-refractivity contribution in [1.29, 1.82) is 0 Å². The van der Waals surface area contributed by atoms with Gasteiger partial charge in [0.25, 0.3) is 0 Å². The van der Waals surface area contributed by atoms with E-state index in [1.807, 2.05) is 18.2 Å². The summed E-state index contributed by atoms with van der Waals surface area (Å²) in [4.78, 5) is 0. The molecule has 3 heteroatoms. The number of nitrogens with two attached hydrogens (primary N) is 1. The average Bonchev–Trinajstić information content (AvgIpc) is 2.26. The molecule has 0 radical (unpaired) electrons. The fourth-order valence-electron chi connectivity index (χ4n) is 1.60. The number of rotatable bonds is 3. The molecule has 0 saturated carbocycles. The van der Waals surface area contributed by atoms with Crippen LogP contribution in [0.2, 0.25) is 0 Å². The third kappa shape index (κ3) is 1.99. The second kappa shape index (κ2) is 4.33. The molecule has 14 heavy (non-hydrogen) atoms. The highest BCUT2D eigenvalue weighted by Gasteiger charge is 2.10. The molecule has 1 aromatic carbocycles. The van der Waals surface area contributed by atoms with Crippen LogP contribution in [0.5, 0.6) is 11.5 Å². The van der Waals surface area contributed by atoms with Crippen LogP contribution in [0.25, 0.3) is 0 Å². The molecule has 76 valence electrons. The van der Waals surface area contributed by atoms with Crippen molar-refractivity contribution >= 4 is 0 Å². The highest BCUT2D eigenvalue weighted by Crippen LogP contribution is 2.28. The van der Waals surface area contributed by atoms with Gasteiger partial charge in [0.2, 0.25) is 0 Å². The summed E-state index contributed by atoms with van der Waals surface area (Å²) in [5.74, 6) is 1.89. The number of benzene rings is 1. The molecule has 3 nitrogen and oxygen atoms in total. The van der Waals surface area contributed by atoms with E-state index in [2.05, 4.69) is 0 Å². The van der Waals surface area contributed by atoms with Gasteiger partial charge in [-0.2, -0.15) is 0 Å².